The average Bonchev–Trinajstić information content (AvgIpc) is 3.36. The second-order valence-electron chi connectivity index (χ2n) is 7.74. The lowest BCUT2D eigenvalue weighted by atomic mass is 9.99. The number of fused-ring (bicyclic) bond motifs is 1. The molecule has 2 unspecified atom stereocenters. The lowest BCUT2D eigenvalue weighted by Gasteiger charge is -2.13. The number of para-hydroxylation sites is 1. The van der Waals surface area contributed by atoms with Gasteiger partial charge in [0.15, 0.2) is 5.44 Å². The number of H-pyrrole nitrogens is 2. The zero-order chi connectivity index (χ0) is 20.4. The molecule has 0 radical (unpaired) electrons. The highest BCUT2D eigenvalue weighted by atomic mass is 33.1. The van der Waals surface area contributed by atoms with Gasteiger partial charge in [-0.1, -0.05) is 39.0 Å². The van der Waals surface area contributed by atoms with Gasteiger partial charge in [-0.3, -0.25) is 9.89 Å². The predicted molar refractivity (Wildman–Crippen MR) is 120 cm³/mol. The van der Waals surface area contributed by atoms with Crippen molar-refractivity contribution in [3.05, 3.63) is 75.5 Å². The van der Waals surface area contributed by atoms with E-state index in [2.05, 4.69) is 54.2 Å². The van der Waals surface area contributed by atoms with E-state index in [0.29, 0.717) is 10.8 Å². The largest absolute Gasteiger partial charge is 0.478 e. The molecule has 0 amide bonds. The number of hydrogen-bond donors (Lipinski definition) is 2. The third-order valence-electron chi connectivity index (χ3n) is 5.18. The summed E-state index contributed by atoms with van der Waals surface area (Å²) in [5, 5.41) is 6.83. The minimum atomic E-state index is -0.0437. The minimum absolute atomic E-state index is 0.0232. The van der Waals surface area contributed by atoms with Crippen LogP contribution in [0.1, 0.15) is 55.0 Å². The average molecular weight is 428 g/mol. The normalized spacial score (nSPS) is 16.6. The number of pyridine rings is 1. The third-order valence-corrected chi connectivity index (χ3v) is 7.72. The van der Waals surface area contributed by atoms with Gasteiger partial charge in [-0.15, -0.1) is 0 Å². The van der Waals surface area contributed by atoms with Crippen LogP contribution in [0.3, 0.4) is 0 Å². The van der Waals surface area contributed by atoms with Crippen LogP contribution in [0.25, 0.3) is 0 Å². The van der Waals surface area contributed by atoms with Gasteiger partial charge in [-0.2, -0.15) is 5.10 Å². The highest BCUT2D eigenvalue weighted by Gasteiger charge is 2.27. The summed E-state index contributed by atoms with van der Waals surface area (Å²) in [5.41, 5.74) is 4.56. The Kier molecular flexibility index (Phi) is 6.06. The molecule has 1 aromatic carbocycles. The second kappa shape index (κ2) is 8.71. The molecule has 0 fully saturated rings. The number of ether oxygens (including phenoxy) is 1. The number of nitrogens with zero attached hydrogens (tertiary/aromatic N) is 1. The quantitative estimate of drug-likeness (QED) is 0.503. The molecule has 2 atom stereocenters. The summed E-state index contributed by atoms with van der Waals surface area (Å²) < 4.78 is 6.20. The maximum absolute atomic E-state index is 12.5. The van der Waals surface area contributed by atoms with Crippen molar-refractivity contribution >= 4 is 21.6 Å². The van der Waals surface area contributed by atoms with Gasteiger partial charge in [0, 0.05) is 18.3 Å². The van der Waals surface area contributed by atoms with Crippen LogP contribution >= 0.6 is 21.6 Å². The maximum atomic E-state index is 12.5. The Hall–Kier alpha value is -2.12. The molecule has 1 aliphatic rings. The van der Waals surface area contributed by atoms with E-state index in [1.807, 2.05) is 24.5 Å². The molecule has 0 aliphatic carbocycles. The SMILES string of the molecule is CC(C)c1cccc2c1OC(SSc1ccc(CC(C)c3cn[nH]c3)[nH]c1=O)C2. The molecule has 0 saturated carbocycles. The highest BCUT2D eigenvalue weighted by molar-refractivity contribution is 8.76. The number of nitrogens with one attached hydrogen (secondary N) is 2. The molecular formula is C22H25N3O2S2. The predicted octanol–water partition coefficient (Wildman–Crippen LogP) is 5.27. The smallest absolute Gasteiger partial charge is 0.262 e. The fraction of sp³-hybridized carbons (Fsp3) is 0.364. The summed E-state index contributed by atoms with van der Waals surface area (Å²) >= 11 is 0. The molecule has 0 bridgehead atoms. The Morgan fingerprint density at radius 3 is 2.83 bits per heavy atom. The van der Waals surface area contributed by atoms with Crippen LogP contribution in [0.2, 0.25) is 0 Å². The molecule has 2 aromatic heterocycles. The summed E-state index contributed by atoms with van der Waals surface area (Å²) in [6.07, 6.45) is 5.36. The van der Waals surface area contributed by atoms with Gasteiger partial charge in [0.2, 0.25) is 0 Å². The first kappa shape index (κ1) is 20.2. The first-order valence-electron chi connectivity index (χ1n) is 9.84. The molecule has 3 heterocycles. The van der Waals surface area contributed by atoms with Crippen molar-refractivity contribution in [3.8, 4) is 5.75 Å². The van der Waals surface area contributed by atoms with Crippen molar-refractivity contribution in [2.45, 2.75) is 55.8 Å². The molecule has 0 saturated heterocycles. The first-order chi connectivity index (χ1) is 14.0. The fourth-order valence-corrected chi connectivity index (χ4v) is 5.73. The molecule has 152 valence electrons. The summed E-state index contributed by atoms with van der Waals surface area (Å²) in [6.45, 7) is 6.49. The zero-order valence-corrected chi connectivity index (χ0v) is 18.4. The molecule has 29 heavy (non-hydrogen) atoms. The van der Waals surface area contributed by atoms with E-state index in [0.717, 1.165) is 29.8 Å². The minimum Gasteiger partial charge on any atom is -0.478 e. The topological polar surface area (TPSA) is 70.8 Å². The van der Waals surface area contributed by atoms with Crippen LogP contribution in [-0.2, 0) is 12.8 Å². The Morgan fingerprint density at radius 2 is 2.10 bits per heavy atom. The van der Waals surface area contributed by atoms with Gasteiger partial charge < -0.3 is 9.72 Å². The van der Waals surface area contributed by atoms with E-state index in [9.17, 15) is 4.79 Å². The number of aromatic nitrogens is 3. The number of aromatic amines is 2. The van der Waals surface area contributed by atoms with Gasteiger partial charge >= 0.3 is 0 Å². The molecule has 0 spiro atoms. The zero-order valence-electron chi connectivity index (χ0n) is 16.8. The van der Waals surface area contributed by atoms with Crippen molar-refractivity contribution in [3.63, 3.8) is 0 Å². The fourth-order valence-electron chi connectivity index (χ4n) is 3.54. The van der Waals surface area contributed by atoms with Crippen molar-refractivity contribution in [1.82, 2.24) is 15.2 Å². The third kappa shape index (κ3) is 4.56. The number of benzene rings is 1. The molecule has 4 rings (SSSR count). The summed E-state index contributed by atoms with van der Waals surface area (Å²) in [6, 6.07) is 10.3. The van der Waals surface area contributed by atoms with Gasteiger partial charge in [0.05, 0.1) is 11.1 Å². The van der Waals surface area contributed by atoms with Gasteiger partial charge in [0.25, 0.3) is 5.56 Å². The van der Waals surface area contributed by atoms with Crippen molar-refractivity contribution in [1.29, 1.82) is 0 Å². The number of rotatable bonds is 7. The second-order valence-corrected chi connectivity index (χ2v) is 10.1. The summed E-state index contributed by atoms with van der Waals surface area (Å²) in [5.74, 6) is 1.75. The summed E-state index contributed by atoms with van der Waals surface area (Å²) in [7, 11) is 3.10. The first-order valence-corrected chi connectivity index (χ1v) is 12.0. The molecule has 5 nitrogen and oxygen atoms in total. The van der Waals surface area contributed by atoms with E-state index < -0.39 is 0 Å². The van der Waals surface area contributed by atoms with E-state index in [1.54, 1.807) is 10.8 Å². The van der Waals surface area contributed by atoms with Crippen molar-refractivity contribution in [2.75, 3.05) is 0 Å². The summed E-state index contributed by atoms with van der Waals surface area (Å²) in [4.78, 5) is 16.3. The van der Waals surface area contributed by atoms with Crippen LogP contribution in [0.5, 0.6) is 5.75 Å². The monoisotopic (exact) mass is 427 g/mol. The van der Waals surface area contributed by atoms with Crippen LogP contribution in [-0.4, -0.2) is 20.6 Å². The molecule has 1 aliphatic heterocycles. The Labute approximate surface area is 178 Å². The Morgan fingerprint density at radius 1 is 1.24 bits per heavy atom. The lowest BCUT2D eigenvalue weighted by molar-refractivity contribution is 0.321. The van der Waals surface area contributed by atoms with Gasteiger partial charge in [-0.25, -0.2) is 0 Å². The van der Waals surface area contributed by atoms with E-state index >= 15 is 0 Å². The Bertz CT molecular complexity index is 1030. The van der Waals surface area contributed by atoms with E-state index in [-0.39, 0.29) is 16.9 Å². The number of hydrogen-bond acceptors (Lipinski definition) is 5. The molecular weight excluding hydrogens is 402 g/mol. The van der Waals surface area contributed by atoms with Crippen LogP contribution in [0, 0.1) is 0 Å². The van der Waals surface area contributed by atoms with E-state index in [4.69, 9.17) is 4.74 Å². The Balaban J connectivity index is 1.37. The molecule has 3 aromatic rings. The standard InChI is InChI=1S/C22H25N3O2S2/c1-13(2)18-6-4-5-15-10-20(27-21(15)18)29-28-19-8-7-17(25-22(19)26)9-14(3)16-11-23-24-12-16/h4-8,11-14,20H,9-10H2,1-3H3,(H,23,24)(H,25,26). The van der Waals surface area contributed by atoms with Crippen LogP contribution in [0.4, 0.5) is 0 Å². The highest BCUT2D eigenvalue weighted by Crippen LogP contribution is 2.43. The molecule has 2 N–H and O–H groups in total. The van der Waals surface area contributed by atoms with Crippen LogP contribution in [0.15, 0.2) is 52.4 Å². The van der Waals surface area contributed by atoms with Gasteiger partial charge in [-0.05, 0) is 68.7 Å². The van der Waals surface area contributed by atoms with Crippen molar-refractivity contribution in [2.24, 2.45) is 0 Å². The van der Waals surface area contributed by atoms with Crippen LogP contribution < -0.4 is 10.3 Å². The van der Waals surface area contributed by atoms with E-state index in [1.165, 1.54) is 21.9 Å². The molecule has 7 heteroatoms. The maximum Gasteiger partial charge on any atom is 0.262 e. The lowest BCUT2D eigenvalue weighted by Crippen LogP contribution is -2.12. The van der Waals surface area contributed by atoms with Gasteiger partial charge in [0.1, 0.15) is 5.75 Å². The van der Waals surface area contributed by atoms with Crippen molar-refractivity contribution < 1.29 is 4.74 Å².